The van der Waals surface area contributed by atoms with E-state index in [1.807, 2.05) is 12.1 Å². The molecule has 7 nitrogen and oxygen atoms in total. The molecule has 0 N–H and O–H groups in total. The highest BCUT2D eigenvalue weighted by Crippen LogP contribution is 2.46. The van der Waals surface area contributed by atoms with Gasteiger partial charge in [-0.1, -0.05) is 11.6 Å². The van der Waals surface area contributed by atoms with Gasteiger partial charge in [-0.05, 0) is 42.0 Å². The first-order valence-electron chi connectivity index (χ1n) is 8.57. The van der Waals surface area contributed by atoms with E-state index in [-0.39, 0.29) is 25.0 Å². The molecule has 140 valence electrons. The van der Waals surface area contributed by atoms with Gasteiger partial charge in [0, 0.05) is 24.5 Å². The van der Waals surface area contributed by atoms with Crippen molar-refractivity contribution in [2.45, 2.75) is 12.1 Å². The number of imide groups is 1. The van der Waals surface area contributed by atoms with Crippen molar-refractivity contribution in [1.29, 1.82) is 0 Å². The van der Waals surface area contributed by atoms with E-state index < -0.39 is 18.1 Å². The standard InChI is InChI=1S/C19H18ClN3O4/c1-26-11-10-22-18(24)15-16(12-6-8-21-9-7-12)23(27-17(15)19(22)25)14-4-2-13(20)3-5-14/h2-9,15-17H,10-11H2,1H3. The summed E-state index contributed by atoms with van der Waals surface area (Å²) >= 11 is 5.99. The van der Waals surface area contributed by atoms with Crippen molar-refractivity contribution in [2.75, 3.05) is 25.3 Å². The maximum absolute atomic E-state index is 13.0. The van der Waals surface area contributed by atoms with Crippen LogP contribution in [-0.2, 0) is 19.2 Å². The van der Waals surface area contributed by atoms with E-state index in [0.717, 1.165) is 11.3 Å². The molecule has 8 heteroatoms. The Balaban J connectivity index is 1.73. The van der Waals surface area contributed by atoms with E-state index in [1.165, 1.54) is 12.0 Å². The normalized spacial score (nSPS) is 24.6. The van der Waals surface area contributed by atoms with Gasteiger partial charge in [-0.3, -0.25) is 24.3 Å². The number of hydroxylamine groups is 1. The number of halogens is 1. The van der Waals surface area contributed by atoms with Crippen molar-refractivity contribution < 1.29 is 19.2 Å². The predicted octanol–water partition coefficient (Wildman–Crippen LogP) is 2.23. The van der Waals surface area contributed by atoms with E-state index >= 15 is 0 Å². The topological polar surface area (TPSA) is 72.0 Å². The summed E-state index contributed by atoms with van der Waals surface area (Å²) in [7, 11) is 1.53. The number of carbonyl (C=O) groups is 2. The van der Waals surface area contributed by atoms with Gasteiger partial charge in [-0.15, -0.1) is 0 Å². The first-order valence-corrected chi connectivity index (χ1v) is 8.95. The lowest BCUT2D eigenvalue weighted by molar-refractivity contribution is -0.143. The molecule has 0 spiro atoms. The number of fused-ring (bicyclic) bond motifs is 1. The Morgan fingerprint density at radius 3 is 2.48 bits per heavy atom. The van der Waals surface area contributed by atoms with E-state index in [2.05, 4.69) is 4.98 Å². The van der Waals surface area contributed by atoms with Gasteiger partial charge < -0.3 is 4.74 Å². The molecular weight excluding hydrogens is 370 g/mol. The molecule has 0 saturated carbocycles. The third-order valence-corrected chi connectivity index (χ3v) is 5.11. The second-order valence-corrected chi connectivity index (χ2v) is 6.84. The fourth-order valence-corrected chi connectivity index (χ4v) is 3.71. The summed E-state index contributed by atoms with van der Waals surface area (Å²) in [5.74, 6) is -1.22. The number of amides is 2. The summed E-state index contributed by atoms with van der Waals surface area (Å²) in [5, 5.41) is 2.22. The Hall–Kier alpha value is -2.48. The molecule has 2 aliphatic rings. The summed E-state index contributed by atoms with van der Waals surface area (Å²) in [6, 6.07) is 10.3. The highest BCUT2D eigenvalue weighted by Gasteiger charge is 2.59. The van der Waals surface area contributed by atoms with Gasteiger partial charge in [-0.25, -0.2) is 5.06 Å². The Morgan fingerprint density at radius 1 is 1.11 bits per heavy atom. The number of ether oxygens (including phenoxy) is 1. The van der Waals surface area contributed by atoms with Crippen LogP contribution < -0.4 is 5.06 Å². The molecule has 1 aromatic heterocycles. The highest BCUT2D eigenvalue weighted by molar-refractivity contribution is 6.30. The summed E-state index contributed by atoms with van der Waals surface area (Å²) in [6.45, 7) is 0.506. The van der Waals surface area contributed by atoms with Crippen molar-refractivity contribution in [3.8, 4) is 0 Å². The quantitative estimate of drug-likeness (QED) is 0.733. The van der Waals surface area contributed by atoms with Gasteiger partial charge in [0.1, 0.15) is 5.92 Å². The minimum absolute atomic E-state index is 0.217. The lowest BCUT2D eigenvalue weighted by atomic mass is 9.91. The van der Waals surface area contributed by atoms with Crippen LogP contribution in [0.15, 0.2) is 48.8 Å². The monoisotopic (exact) mass is 387 g/mol. The molecule has 2 aromatic rings. The number of anilines is 1. The molecule has 3 unspecified atom stereocenters. The Bertz CT molecular complexity index is 846. The molecule has 4 rings (SSSR count). The summed E-state index contributed by atoms with van der Waals surface area (Å²) in [4.78, 5) is 37.1. The van der Waals surface area contributed by atoms with Crippen molar-refractivity contribution in [2.24, 2.45) is 5.92 Å². The molecule has 3 heterocycles. The second kappa shape index (κ2) is 7.26. The minimum Gasteiger partial charge on any atom is -0.383 e. The van der Waals surface area contributed by atoms with E-state index in [4.69, 9.17) is 21.2 Å². The van der Waals surface area contributed by atoms with Gasteiger partial charge in [0.25, 0.3) is 5.91 Å². The molecule has 27 heavy (non-hydrogen) atoms. The summed E-state index contributed by atoms with van der Waals surface area (Å²) in [6.07, 6.45) is 2.46. The van der Waals surface area contributed by atoms with E-state index in [1.54, 1.807) is 41.7 Å². The third-order valence-electron chi connectivity index (χ3n) is 4.85. The molecule has 1 aromatic carbocycles. The number of methoxy groups -OCH3 is 1. The fraction of sp³-hybridized carbons (Fsp3) is 0.316. The first-order chi connectivity index (χ1) is 13.1. The lowest BCUT2D eigenvalue weighted by Gasteiger charge is -2.28. The molecule has 2 aliphatic heterocycles. The number of pyridine rings is 1. The van der Waals surface area contributed by atoms with Crippen molar-refractivity contribution in [3.63, 3.8) is 0 Å². The summed E-state index contributed by atoms with van der Waals surface area (Å²) in [5.41, 5.74) is 1.57. The molecule has 0 bridgehead atoms. The summed E-state index contributed by atoms with van der Waals surface area (Å²) < 4.78 is 5.02. The number of rotatable bonds is 5. The van der Waals surface area contributed by atoms with Crippen molar-refractivity contribution in [1.82, 2.24) is 9.88 Å². The Kier molecular flexibility index (Phi) is 4.82. The lowest BCUT2D eigenvalue weighted by Crippen LogP contribution is -2.39. The van der Waals surface area contributed by atoms with Crippen LogP contribution in [0.25, 0.3) is 0 Å². The van der Waals surface area contributed by atoms with Gasteiger partial charge in [-0.2, -0.15) is 0 Å². The molecule has 2 saturated heterocycles. The zero-order chi connectivity index (χ0) is 19.0. The van der Waals surface area contributed by atoms with Gasteiger partial charge in [0.05, 0.1) is 24.9 Å². The Labute approximate surface area is 161 Å². The average Bonchev–Trinajstić information content (AvgIpc) is 3.19. The van der Waals surface area contributed by atoms with Crippen LogP contribution in [0.2, 0.25) is 5.02 Å². The third kappa shape index (κ3) is 3.07. The average molecular weight is 388 g/mol. The minimum atomic E-state index is -0.858. The number of likely N-dealkylation sites (tertiary alicyclic amines) is 1. The van der Waals surface area contributed by atoms with Gasteiger partial charge >= 0.3 is 0 Å². The van der Waals surface area contributed by atoms with Gasteiger partial charge in [0.15, 0.2) is 6.10 Å². The van der Waals surface area contributed by atoms with E-state index in [9.17, 15) is 9.59 Å². The van der Waals surface area contributed by atoms with Crippen LogP contribution in [0, 0.1) is 5.92 Å². The molecular formula is C19H18ClN3O4. The van der Waals surface area contributed by atoms with Crippen LogP contribution >= 0.6 is 11.6 Å². The molecule has 0 radical (unpaired) electrons. The highest BCUT2D eigenvalue weighted by atomic mass is 35.5. The molecule has 3 atom stereocenters. The maximum Gasteiger partial charge on any atom is 0.262 e. The van der Waals surface area contributed by atoms with Crippen molar-refractivity contribution in [3.05, 3.63) is 59.4 Å². The number of benzene rings is 1. The zero-order valence-electron chi connectivity index (χ0n) is 14.6. The van der Waals surface area contributed by atoms with E-state index in [0.29, 0.717) is 5.02 Å². The van der Waals surface area contributed by atoms with Crippen LogP contribution in [0.5, 0.6) is 0 Å². The predicted molar refractivity (Wildman–Crippen MR) is 97.9 cm³/mol. The molecule has 2 amide bonds. The van der Waals surface area contributed by atoms with Crippen LogP contribution in [0.3, 0.4) is 0 Å². The van der Waals surface area contributed by atoms with Crippen LogP contribution in [0.1, 0.15) is 11.6 Å². The molecule has 2 fully saturated rings. The SMILES string of the molecule is COCCN1C(=O)C2ON(c3ccc(Cl)cc3)C(c3ccncc3)C2C1=O. The van der Waals surface area contributed by atoms with Crippen molar-refractivity contribution >= 4 is 29.1 Å². The molecule has 0 aliphatic carbocycles. The number of nitrogens with zero attached hydrogens (tertiary/aromatic N) is 3. The first kappa shape index (κ1) is 17.9. The maximum atomic E-state index is 13.0. The fourth-order valence-electron chi connectivity index (χ4n) is 3.59. The Morgan fingerprint density at radius 2 is 1.81 bits per heavy atom. The zero-order valence-corrected chi connectivity index (χ0v) is 15.4. The van der Waals surface area contributed by atoms with Crippen LogP contribution in [0.4, 0.5) is 5.69 Å². The van der Waals surface area contributed by atoms with Crippen LogP contribution in [-0.4, -0.2) is 48.1 Å². The number of aromatic nitrogens is 1. The number of carbonyl (C=O) groups excluding carboxylic acids is 2. The largest absolute Gasteiger partial charge is 0.383 e. The smallest absolute Gasteiger partial charge is 0.262 e. The number of hydrogen-bond donors (Lipinski definition) is 0. The number of hydrogen-bond acceptors (Lipinski definition) is 6. The van der Waals surface area contributed by atoms with Gasteiger partial charge in [0.2, 0.25) is 5.91 Å². The second-order valence-electron chi connectivity index (χ2n) is 6.40.